The van der Waals surface area contributed by atoms with Crippen molar-refractivity contribution in [2.24, 2.45) is 0 Å². The van der Waals surface area contributed by atoms with E-state index in [-0.39, 0.29) is 17.9 Å². The van der Waals surface area contributed by atoms with Gasteiger partial charge in [-0.3, -0.25) is 14.7 Å². The summed E-state index contributed by atoms with van der Waals surface area (Å²) in [6.07, 6.45) is 1.97. The number of aromatic amines is 2. The monoisotopic (exact) mass is 360 g/mol. The van der Waals surface area contributed by atoms with Crippen LogP contribution < -0.4 is 10.9 Å². The van der Waals surface area contributed by atoms with E-state index in [4.69, 9.17) is 0 Å². The van der Waals surface area contributed by atoms with E-state index in [1.54, 1.807) is 24.3 Å². The molecule has 0 aliphatic heterocycles. The van der Waals surface area contributed by atoms with Crippen molar-refractivity contribution in [1.29, 1.82) is 0 Å². The number of H-pyrrole nitrogens is 2. The lowest BCUT2D eigenvalue weighted by Crippen LogP contribution is -2.16. The van der Waals surface area contributed by atoms with Crippen molar-refractivity contribution in [2.75, 3.05) is 5.32 Å². The van der Waals surface area contributed by atoms with Gasteiger partial charge < -0.3 is 10.3 Å². The summed E-state index contributed by atoms with van der Waals surface area (Å²) in [6.45, 7) is 0. The summed E-state index contributed by atoms with van der Waals surface area (Å²) < 4.78 is 0. The lowest BCUT2D eigenvalue weighted by molar-refractivity contribution is -0.116. The van der Waals surface area contributed by atoms with E-state index < -0.39 is 0 Å². The number of hydrogen-bond donors (Lipinski definition) is 3. The number of amides is 1. The van der Waals surface area contributed by atoms with Crippen molar-refractivity contribution >= 4 is 22.5 Å². The quantitative estimate of drug-likeness (QED) is 0.505. The van der Waals surface area contributed by atoms with Crippen LogP contribution in [0.5, 0.6) is 0 Å². The number of para-hydroxylation sites is 1. The van der Waals surface area contributed by atoms with E-state index in [0.717, 1.165) is 5.56 Å². The molecule has 4 rings (SSSR count). The Balaban J connectivity index is 1.43. The summed E-state index contributed by atoms with van der Waals surface area (Å²) in [5.74, 6) is 0.953. The number of nitrogens with zero attached hydrogens (tertiary/aromatic N) is 3. The average Bonchev–Trinajstić information content (AvgIpc) is 3.22. The molecule has 0 bridgehead atoms. The molecule has 0 saturated carbocycles. The molecule has 0 aliphatic carbocycles. The van der Waals surface area contributed by atoms with Gasteiger partial charge in [-0.25, -0.2) is 9.97 Å². The van der Waals surface area contributed by atoms with Crippen LogP contribution in [0, 0.1) is 0 Å². The van der Waals surface area contributed by atoms with Gasteiger partial charge in [0.15, 0.2) is 5.82 Å². The average molecular weight is 360 g/mol. The standard InChI is InChI=1S/C19H16N6O2/c26-17(22-13-5-3-4-12(10-13)18-20-11-21-25-18)9-8-16-23-15-7-2-1-6-14(15)19(27)24-16/h1-7,10-11H,8-9H2,(H,22,26)(H,20,21,25)(H,23,24,27). The van der Waals surface area contributed by atoms with Gasteiger partial charge in [0.05, 0.1) is 10.9 Å². The lowest BCUT2D eigenvalue weighted by Gasteiger charge is -2.07. The smallest absolute Gasteiger partial charge is 0.258 e. The zero-order valence-electron chi connectivity index (χ0n) is 14.3. The van der Waals surface area contributed by atoms with E-state index in [2.05, 4.69) is 30.5 Å². The summed E-state index contributed by atoms with van der Waals surface area (Å²) >= 11 is 0. The van der Waals surface area contributed by atoms with Crippen LogP contribution in [-0.2, 0) is 11.2 Å². The zero-order valence-corrected chi connectivity index (χ0v) is 14.3. The fraction of sp³-hybridized carbons (Fsp3) is 0.105. The van der Waals surface area contributed by atoms with E-state index in [9.17, 15) is 9.59 Å². The fourth-order valence-electron chi connectivity index (χ4n) is 2.80. The van der Waals surface area contributed by atoms with Crippen LogP contribution in [0.25, 0.3) is 22.3 Å². The highest BCUT2D eigenvalue weighted by Crippen LogP contribution is 2.18. The Morgan fingerprint density at radius 1 is 1.11 bits per heavy atom. The number of rotatable bonds is 5. The van der Waals surface area contributed by atoms with Crippen molar-refractivity contribution in [2.45, 2.75) is 12.8 Å². The van der Waals surface area contributed by atoms with Gasteiger partial charge in [-0.1, -0.05) is 24.3 Å². The number of nitrogens with one attached hydrogen (secondary N) is 3. The van der Waals surface area contributed by atoms with Gasteiger partial charge in [0, 0.05) is 24.1 Å². The molecule has 2 aromatic heterocycles. The highest BCUT2D eigenvalue weighted by molar-refractivity contribution is 5.91. The van der Waals surface area contributed by atoms with Crippen molar-refractivity contribution in [3.63, 3.8) is 0 Å². The van der Waals surface area contributed by atoms with Gasteiger partial charge >= 0.3 is 0 Å². The first-order chi connectivity index (χ1) is 13.2. The molecule has 0 radical (unpaired) electrons. The summed E-state index contributed by atoms with van der Waals surface area (Å²) in [7, 11) is 0. The predicted octanol–water partition coefficient (Wildman–Crippen LogP) is 2.28. The normalized spacial score (nSPS) is 10.8. The Morgan fingerprint density at radius 3 is 2.85 bits per heavy atom. The third-order valence-corrected chi connectivity index (χ3v) is 4.09. The molecular formula is C19H16N6O2. The number of carbonyl (C=O) groups is 1. The zero-order chi connectivity index (χ0) is 18.6. The number of anilines is 1. The number of fused-ring (bicyclic) bond motifs is 1. The third-order valence-electron chi connectivity index (χ3n) is 4.09. The highest BCUT2D eigenvalue weighted by atomic mass is 16.1. The van der Waals surface area contributed by atoms with Crippen molar-refractivity contribution in [3.8, 4) is 11.4 Å². The Kier molecular flexibility index (Phi) is 4.44. The lowest BCUT2D eigenvalue weighted by atomic mass is 10.2. The predicted molar refractivity (Wildman–Crippen MR) is 101 cm³/mol. The number of carbonyl (C=O) groups excluding carboxylic acids is 1. The number of benzene rings is 2. The first kappa shape index (κ1) is 16.6. The van der Waals surface area contributed by atoms with E-state index in [0.29, 0.717) is 34.7 Å². The summed E-state index contributed by atoms with van der Waals surface area (Å²) in [5, 5.41) is 9.99. The van der Waals surface area contributed by atoms with E-state index >= 15 is 0 Å². The molecule has 0 spiro atoms. The van der Waals surface area contributed by atoms with Gasteiger partial charge in [0.1, 0.15) is 12.2 Å². The summed E-state index contributed by atoms with van der Waals surface area (Å²) in [5.41, 5.74) is 1.91. The van der Waals surface area contributed by atoms with Crippen LogP contribution in [0.15, 0.2) is 59.7 Å². The maximum atomic E-state index is 12.3. The van der Waals surface area contributed by atoms with Gasteiger partial charge in [-0.2, -0.15) is 5.10 Å². The van der Waals surface area contributed by atoms with E-state index in [1.165, 1.54) is 6.33 Å². The Hall–Kier alpha value is -3.81. The van der Waals surface area contributed by atoms with Crippen molar-refractivity contribution in [1.82, 2.24) is 25.1 Å². The number of hydrogen-bond acceptors (Lipinski definition) is 5. The highest BCUT2D eigenvalue weighted by Gasteiger charge is 2.08. The van der Waals surface area contributed by atoms with Crippen LogP contribution >= 0.6 is 0 Å². The molecule has 2 heterocycles. The minimum atomic E-state index is -0.198. The first-order valence-corrected chi connectivity index (χ1v) is 8.42. The van der Waals surface area contributed by atoms with E-state index in [1.807, 2.05) is 24.3 Å². The van der Waals surface area contributed by atoms with Crippen molar-refractivity contribution < 1.29 is 4.79 Å². The van der Waals surface area contributed by atoms with Gasteiger partial charge in [-0.05, 0) is 24.3 Å². The number of aryl methyl sites for hydroxylation is 1. The van der Waals surface area contributed by atoms with Crippen LogP contribution in [0.2, 0.25) is 0 Å². The molecule has 8 nitrogen and oxygen atoms in total. The SMILES string of the molecule is O=C(CCc1nc2ccccc2c(=O)[nH]1)Nc1cccc(-c2ncn[nH]2)c1. The largest absolute Gasteiger partial charge is 0.326 e. The van der Waals surface area contributed by atoms with Crippen LogP contribution in [0.4, 0.5) is 5.69 Å². The molecule has 8 heteroatoms. The van der Waals surface area contributed by atoms with Crippen LogP contribution in [-0.4, -0.2) is 31.1 Å². The molecule has 0 atom stereocenters. The Labute approximate surface area is 153 Å². The molecular weight excluding hydrogens is 344 g/mol. The second-order valence-electron chi connectivity index (χ2n) is 5.99. The van der Waals surface area contributed by atoms with Gasteiger partial charge in [-0.15, -0.1) is 0 Å². The van der Waals surface area contributed by atoms with Gasteiger partial charge in [0.2, 0.25) is 5.91 Å². The summed E-state index contributed by atoms with van der Waals surface area (Å²) in [6, 6.07) is 14.4. The molecule has 134 valence electrons. The van der Waals surface area contributed by atoms with Crippen LogP contribution in [0.1, 0.15) is 12.2 Å². The molecule has 0 aliphatic rings. The fourth-order valence-corrected chi connectivity index (χ4v) is 2.80. The van der Waals surface area contributed by atoms with Gasteiger partial charge in [0.25, 0.3) is 5.56 Å². The molecule has 2 aromatic carbocycles. The molecule has 1 amide bonds. The molecule has 3 N–H and O–H groups in total. The van der Waals surface area contributed by atoms with Crippen molar-refractivity contribution in [3.05, 3.63) is 71.0 Å². The minimum absolute atomic E-state index is 0.166. The molecule has 0 fully saturated rings. The maximum Gasteiger partial charge on any atom is 0.258 e. The first-order valence-electron chi connectivity index (χ1n) is 8.42. The molecule has 0 saturated heterocycles. The Bertz CT molecular complexity index is 1150. The second kappa shape index (κ2) is 7.20. The molecule has 0 unspecified atom stereocenters. The van der Waals surface area contributed by atoms with Crippen LogP contribution in [0.3, 0.4) is 0 Å². The Morgan fingerprint density at radius 2 is 2.00 bits per heavy atom. The summed E-state index contributed by atoms with van der Waals surface area (Å²) in [4.78, 5) is 35.6. The minimum Gasteiger partial charge on any atom is -0.326 e. The topological polar surface area (TPSA) is 116 Å². The second-order valence-corrected chi connectivity index (χ2v) is 5.99. The number of aromatic nitrogens is 5. The molecule has 27 heavy (non-hydrogen) atoms. The third kappa shape index (κ3) is 3.74. The molecule has 4 aromatic rings. The maximum absolute atomic E-state index is 12.3.